The number of hydrogen-bond donors (Lipinski definition) is 3. The van der Waals surface area contributed by atoms with Gasteiger partial charge in [0.25, 0.3) is 0 Å². The molecule has 1 atom stereocenters. The Morgan fingerprint density at radius 2 is 1.24 bits per heavy atom. The number of rotatable bonds is 4. The predicted molar refractivity (Wildman–Crippen MR) is 72.6 cm³/mol. The lowest BCUT2D eigenvalue weighted by atomic mass is 9.56. The van der Waals surface area contributed by atoms with Gasteiger partial charge >= 0.3 is 11.9 Å². The van der Waals surface area contributed by atoms with Crippen molar-refractivity contribution in [3.8, 4) is 0 Å². The predicted octanol–water partition coefficient (Wildman–Crippen LogP) is 1.31. The fourth-order valence-corrected chi connectivity index (χ4v) is 4.38. The molecule has 4 aliphatic rings. The Morgan fingerprint density at radius 1 is 0.905 bits per heavy atom. The molecule has 0 aliphatic heterocycles. The second-order valence-corrected chi connectivity index (χ2v) is 6.80. The van der Waals surface area contributed by atoms with Crippen LogP contribution in [0.25, 0.3) is 0 Å². The van der Waals surface area contributed by atoms with E-state index in [1.165, 1.54) is 23.7 Å². The van der Waals surface area contributed by atoms with Gasteiger partial charge in [0.1, 0.15) is 0 Å². The van der Waals surface area contributed by atoms with E-state index < -0.39 is 24.0 Å². The van der Waals surface area contributed by atoms with Crippen molar-refractivity contribution >= 4 is 18.2 Å². The van der Waals surface area contributed by atoms with Crippen LogP contribution in [-0.4, -0.2) is 39.1 Å². The van der Waals surface area contributed by atoms with Gasteiger partial charge in [0.05, 0.1) is 6.42 Å². The molecule has 3 N–H and O–H groups in total. The van der Waals surface area contributed by atoms with E-state index in [4.69, 9.17) is 15.3 Å². The first-order valence-corrected chi connectivity index (χ1v) is 7.46. The summed E-state index contributed by atoms with van der Waals surface area (Å²) in [7, 11) is 0. The van der Waals surface area contributed by atoms with Crippen molar-refractivity contribution < 1.29 is 29.7 Å². The Labute approximate surface area is 123 Å². The van der Waals surface area contributed by atoms with E-state index in [2.05, 4.69) is 0 Å². The standard InChI is InChI=1S/C10H16.C5H6O6/c1-7-2-9-4-8(1)5-10(3-7)6-9;6-2-5(11,4(9)10)1-3(7)8/h7-10H,1-6H2;2,11H,1H2,(H,7,8)(H,9,10). The zero-order chi connectivity index (χ0) is 15.6. The first-order chi connectivity index (χ1) is 9.82. The summed E-state index contributed by atoms with van der Waals surface area (Å²) >= 11 is 0. The third kappa shape index (κ3) is 3.81. The summed E-state index contributed by atoms with van der Waals surface area (Å²) in [5.41, 5.74) is -2.80. The maximum Gasteiger partial charge on any atom is 0.343 e. The van der Waals surface area contributed by atoms with E-state index in [1.54, 1.807) is 38.5 Å². The quantitative estimate of drug-likeness (QED) is 0.533. The van der Waals surface area contributed by atoms with Gasteiger partial charge in [-0.05, 0) is 62.2 Å². The average molecular weight is 298 g/mol. The molecule has 0 radical (unpaired) electrons. The van der Waals surface area contributed by atoms with Crippen LogP contribution in [0, 0.1) is 23.7 Å². The van der Waals surface area contributed by atoms with Crippen molar-refractivity contribution in [3.63, 3.8) is 0 Å². The lowest BCUT2D eigenvalue weighted by molar-refractivity contribution is -0.166. The van der Waals surface area contributed by atoms with Crippen molar-refractivity contribution in [1.29, 1.82) is 0 Å². The Bertz CT molecular complexity index is 375. The van der Waals surface area contributed by atoms with Gasteiger partial charge in [-0.25, -0.2) is 4.79 Å². The number of hydrogen-bond acceptors (Lipinski definition) is 4. The smallest absolute Gasteiger partial charge is 0.343 e. The molecule has 1 unspecified atom stereocenters. The van der Waals surface area contributed by atoms with E-state index in [-0.39, 0.29) is 6.29 Å². The SMILES string of the molecule is C1C2CC3CC1CC(C2)C3.O=CC(O)(CC(=O)O)C(=O)O. The average Bonchev–Trinajstić information content (AvgIpc) is 2.36. The lowest BCUT2D eigenvalue weighted by Crippen LogP contribution is -2.42. The fourth-order valence-electron chi connectivity index (χ4n) is 4.38. The zero-order valence-corrected chi connectivity index (χ0v) is 11.9. The molecule has 4 saturated carbocycles. The highest BCUT2D eigenvalue weighted by molar-refractivity contribution is 5.98. The van der Waals surface area contributed by atoms with E-state index in [0.717, 1.165) is 0 Å². The Morgan fingerprint density at radius 3 is 1.38 bits per heavy atom. The summed E-state index contributed by atoms with van der Waals surface area (Å²) in [5.74, 6) is 1.29. The van der Waals surface area contributed by atoms with Crippen LogP contribution in [0.15, 0.2) is 0 Å². The number of carboxylic acids is 2. The molecular weight excluding hydrogens is 276 g/mol. The first-order valence-electron chi connectivity index (χ1n) is 7.46. The number of aldehydes is 1. The zero-order valence-electron chi connectivity index (χ0n) is 11.9. The van der Waals surface area contributed by atoms with Crippen molar-refractivity contribution in [2.45, 2.75) is 50.5 Å². The molecule has 4 fully saturated rings. The van der Waals surface area contributed by atoms with E-state index in [9.17, 15) is 14.4 Å². The molecule has 4 aliphatic carbocycles. The first kappa shape index (κ1) is 15.9. The molecule has 6 heteroatoms. The van der Waals surface area contributed by atoms with Crippen LogP contribution in [0.1, 0.15) is 44.9 Å². The number of aliphatic hydroxyl groups is 1. The minimum Gasteiger partial charge on any atom is -0.481 e. The molecule has 4 rings (SSSR count). The summed E-state index contributed by atoms with van der Waals surface area (Å²) in [4.78, 5) is 29.8. The molecular formula is C15H22O6. The van der Waals surface area contributed by atoms with Crippen molar-refractivity contribution in [3.05, 3.63) is 0 Å². The van der Waals surface area contributed by atoms with Crippen molar-refractivity contribution in [2.75, 3.05) is 0 Å². The summed E-state index contributed by atoms with van der Waals surface area (Å²) < 4.78 is 0. The third-order valence-electron chi connectivity index (χ3n) is 4.99. The van der Waals surface area contributed by atoms with Gasteiger partial charge in [0.2, 0.25) is 5.60 Å². The van der Waals surface area contributed by atoms with E-state index in [0.29, 0.717) is 0 Å². The highest BCUT2D eigenvalue weighted by Crippen LogP contribution is 2.53. The van der Waals surface area contributed by atoms with Gasteiger partial charge in [0, 0.05) is 0 Å². The monoisotopic (exact) mass is 298 g/mol. The van der Waals surface area contributed by atoms with Gasteiger partial charge in [-0.3, -0.25) is 9.59 Å². The molecule has 0 amide bonds. The van der Waals surface area contributed by atoms with Gasteiger partial charge in [-0.15, -0.1) is 0 Å². The van der Waals surface area contributed by atoms with Crippen molar-refractivity contribution in [2.24, 2.45) is 23.7 Å². The maximum atomic E-state index is 10.0. The molecule has 6 nitrogen and oxygen atoms in total. The second-order valence-electron chi connectivity index (χ2n) is 6.80. The van der Waals surface area contributed by atoms with Crippen LogP contribution in [0.4, 0.5) is 0 Å². The lowest BCUT2D eigenvalue weighted by Gasteiger charge is -2.49. The summed E-state index contributed by atoms with van der Waals surface area (Å²) in [6, 6.07) is 0. The van der Waals surface area contributed by atoms with Gasteiger partial charge in [-0.2, -0.15) is 0 Å². The van der Waals surface area contributed by atoms with Crippen LogP contribution in [0.5, 0.6) is 0 Å². The minimum absolute atomic E-state index is 0.316. The largest absolute Gasteiger partial charge is 0.481 e. The highest BCUT2D eigenvalue weighted by Gasteiger charge is 2.41. The van der Waals surface area contributed by atoms with E-state index in [1.807, 2.05) is 0 Å². The van der Waals surface area contributed by atoms with Crippen LogP contribution in [0.2, 0.25) is 0 Å². The van der Waals surface area contributed by atoms with E-state index >= 15 is 0 Å². The molecule has 0 aromatic rings. The summed E-state index contributed by atoms with van der Waals surface area (Å²) in [6.07, 6.45) is 8.18. The third-order valence-corrected chi connectivity index (χ3v) is 4.99. The molecule has 0 spiro atoms. The number of aliphatic carboxylic acids is 2. The number of carbonyl (C=O) groups excluding carboxylic acids is 1. The second kappa shape index (κ2) is 6.13. The molecule has 0 aromatic heterocycles. The molecule has 21 heavy (non-hydrogen) atoms. The fraction of sp³-hybridized carbons (Fsp3) is 0.800. The topological polar surface area (TPSA) is 112 Å². The number of carbonyl (C=O) groups is 3. The summed E-state index contributed by atoms with van der Waals surface area (Å²) in [5, 5.41) is 24.9. The normalized spacial score (nSPS) is 35.3. The maximum absolute atomic E-state index is 10.0. The molecule has 0 aromatic carbocycles. The van der Waals surface area contributed by atoms with Crippen LogP contribution >= 0.6 is 0 Å². The highest BCUT2D eigenvalue weighted by atomic mass is 16.4. The van der Waals surface area contributed by atoms with Crippen LogP contribution in [0.3, 0.4) is 0 Å². The molecule has 0 heterocycles. The van der Waals surface area contributed by atoms with Crippen LogP contribution in [-0.2, 0) is 14.4 Å². The van der Waals surface area contributed by atoms with Gasteiger partial charge < -0.3 is 15.3 Å². The summed E-state index contributed by atoms with van der Waals surface area (Å²) in [6.45, 7) is 0. The molecule has 4 bridgehead atoms. The van der Waals surface area contributed by atoms with Crippen LogP contribution < -0.4 is 0 Å². The Kier molecular flexibility index (Phi) is 4.66. The number of carboxylic acid groups (broad SMARTS) is 2. The van der Waals surface area contributed by atoms with Gasteiger partial charge in [0.15, 0.2) is 6.29 Å². The van der Waals surface area contributed by atoms with Gasteiger partial charge in [-0.1, -0.05) is 0 Å². The Hall–Kier alpha value is -1.43. The molecule has 118 valence electrons. The van der Waals surface area contributed by atoms with Crippen molar-refractivity contribution in [1.82, 2.24) is 0 Å². The minimum atomic E-state index is -2.80. The Balaban J connectivity index is 0.000000153. The molecule has 0 saturated heterocycles.